The molecule has 1 N–H and O–H groups in total. The lowest BCUT2D eigenvalue weighted by Crippen LogP contribution is -2.29. The van der Waals surface area contributed by atoms with E-state index in [0.717, 1.165) is 36.9 Å². The van der Waals surface area contributed by atoms with Crippen molar-refractivity contribution in [1.29, 1.82) is 0 Å². The minimum absolute atomic E-state index is 0.758. The highest BCUT2D eigenvalue weighted by atomic mass is 15.2. The second-order valence-corrected chi connectivity index (χ2v) is 4.44. The third-order valence-corrected chi connectivity index (χ3v) is 3.31. The summed E-state index contributed by atoms with van der Waals surface area (Å²) >= 11 is 0. The topological polar surface area (TPSA) is 42.2 Å². The number of aromatic nitrogens is 3. The molecular formula is C12H16N4. The van der Waals surface area contributed by atoms with Gasteiger partial charge in [-0.2, -0.15) is 0 Å². The molecule has 0 aliphatic carbocycles. The van der Waals surface area contributed by atoms with Gasteiger partial charge in [-0.05, 0) is 44.0 Å². The fraction of sp³-hybridized carbons (Fsp3) is 0.500. The highest BCUT2D eigenvalue weighted by Gasteiger charge is 2.16. The highest BCUT2D eigenvalue weighted by molar-refractivity contribution is 5.37. The fourth-order valence-corrected chi connectivity index (χ4v) is 2.37. The van der Waals surface area contributed by atoms with E-state index in [4.69, 9.17) is 0 Å². The molecule has 0 saturated carbocycles. The zero-order valence-corrected chi connectivity index (χ0v) is 9.26. The van der Waals surface area contributed by atoms with E-state index in [-0.39, 0.29) is 0 Å². The number of hydrogen-bond donors (Lipinski definition) is 1. The largest absolute Gasteiger partial charge is 0.317 e. The van der Waals surface area contributed by atoms with Crippen LogP contribution >= 0.6 is 0 Å². The molecule has 1 saturated heterocycles. The molecule has 1 fully saturated rings. The summed E-state index contributed by atoms with van der Waals surface area (Å²) < 4.78 is 2.10. The molecule has 0 spiro atoms. The Morgan fingerprint density at radius 3 is 3.00 bits per heavy atom. The van der Waals surface area contributed by atoms with Crippen molar-refractivity contribution in [2.45, 2.75) is 19.3 Å². The van der Waals surface area contributed by atoms with Crippen LogP contribution in [0.25, 0.3) is 5.65 Å². The number of fused-ring (bicyclic) bond motifs is 1. The van der Waals surface area contributed by atoms with Gasteiger partial charge in [-0.1, -0.05) is 6.07 Å². The minimum Gasteiger partial charge on any atom is -0.317 e. The number of rotatable bonds is 2. The second-order valence-electron chi connectivity index (χ2n) is 4.44. The molecular weight excluding hydrogens is 200 g/mol. The number of piperidine rings is 1. The van der Waals surface area contributed by atoms with Gasteiger partial charge in [0.05, 0.1) is 0 Å². The Bertz CT molecular complexity index is 471. The van der Waals surface area contributed by atoms with Gasteiger partial charge in [0, 0.05) is 12.6 Å². The van der Waals surface area contributed by atoms with Crippen LogP contribution in [-0.4, -0.2) is 27.7 Å². The summed E-state index contributed by atoms with van der Waals surface area (Å²) in [5, 5.41) is 11.9. The number of hydrogen-bond acceptors (Lipinski definition) is 3. The predicted molar refractivity (Wildman–Crippen MR) is 62.3 cm³/mol. The average molecular weight is 216 g/mol. The Labute approximate surface area is 94.7 Å². The van der Waals surface area contributed by atoms with Gasteiger partial charge >= 0.3 is 0 Å². The monoisotopic (exact) mass is 216 g/mol. The van der Waals surface area contributed by atoms with Crippen molar-refractivity contribution in [3.05, 3.63) is 30.2 Å². The van der Waals surface area contributed by atoms with Crippen molar-refractivity contribution in [2.24, 2.45) is 5.92 Å². The van der Waals surface area contributed by atoms with E-state index in [1.165, 1.54) is 12.8 Å². The maximum atomic E-state index is 4.28. The van der Waals surface area contributed by atoms with Crippen LogP contribution in [-0.2, 0) is 6.42 Å². The molecule has 0 aromatic carbocycles. The van der Waals surface area contributed by atoms with Crippen molar-refractivity contribution < 1.29 is 0 Å². The van der Waals surface area contributed by atoms with Crippen LogP contribution in [0.4, 0.5) is 0 Å². The van der Waals surface area contributed by atoms with Gasteiger partial charge in [0.15, 0.2) is 5.65 Å². The number of nitrogens with one attached hydrogen (secondary N) is 1. The molecule has 3 heterocycles. The summed E-state index contributed by atoms with van der Waals surface area (Å²) in [4.78, 5) is 0. The molecule has 3 rings (SSSR count). The summed E-state index contributed by atoms with van der Waals surface area (Å²) in [6, 6.07) is 6.03. The summed E-state index contributed by atoms with van der Waals surface area (Å²) in [7, 11) is 0. The molecule has 4 heteroatoms. The maximum Gasteiger partial charge on any atom is 0.160 e. The Morgan fingerprint density at radius 1 is 1.25 bits per heavy atom. The molecule has 1 aliphatic heterocycles. The molecule has 1 aliphatic rings. The van der Waals surface area contributed by atoms with E-state index < -0.39 is 0 Å². The van der Waals surface area contributed by atoms with Gasteiger partial charge in [0.1, 0.15) is 5.82 Å². The highest BCUT2D eigenvalue weighted by Crippen LogP contribution is 2.17. The van der Waals surface area contributed by atoms with Gasteiger partial charge in [-0.3, -0.25) is 4.40 Å². The Balaban J connectivity index is 1.83. The van der Waals surface area contributed by atoms with Crippen LogP contribution in [0.3, 0.4) is 0 Å². The summed E-state index contributed by atoms with van der Waals surface area (Å²) in [6.07, 6.45) is 5.60. The van der Waals surface area contributed by atoms with Crippen molar-refractivity contribution in [2.75, 3.05) is 13.1 Å². The number of nitrogens with zero attached hydrogens (tertiary/aromatic N) is 3. The summed E-state index contributed by atoms with van der Waals surface area (Å²) in [5.41, 5.74) is 0.950. The van der Waals surface area contributed by atoms with Crippen molar-refractivity contribution in [3.63, 3.8) is 0 Å². The van der Waals surface area contributed by atoms with Crippen molar-refractivity contribution in [3.8, 4) is 0 Å². The molecule has 84 valence electrons. The average Bonchev–Trinajstić information content (AvgIpc) is 2.74. The second kappa shape index (κ2) is 4.22. The fourth-order valence-electron chi connectivity index (χ4n) is 2.37. The maximum absolute atomic E-state index is 4.28. The molecule has 16 heavy (non-hydrogen) atoms. The van der Waals surface area contributed by atoms with Crippen LogP contribution in [0.5, 0.6) is 0 Å². The van der Waals surface area contributed by atoms with E-state index in [0.29, 0.717) is 0 Å². The SMILES string of the molecule is c1ccn2c(CC3CCNCC3)nnc2c1. The summed E-state index contributed by atoms with van der Waals surface area (Å²) in [6.45, 7) is 2.28. The Kier molecular flexibility index (Phi) is 2.58. The lowest BCUT2D eigenvalue weighted by Gasteiger charge is -2.21. The molecule has 0 amide bonds. The molecule has 2 aromatic rings. The molecule has 0 bridgehead atoms. The van der Waals surface area contributed by atoms with Gasteiger partial charge in [-0.15, -0.1) is 10.2 Å². The van der Waals surface area contributed by atoms with Gasteiger partial charge in [-0.25, -0.2) is 0 Å². The quantitative estimate of drug-likeness (QED) is 0.822. The lowest BCUT2D eigenvalue weighted by molar-refractivity contribution is 0.366. The van der Waals surface area contributed by atoms with Crippen LogP contribution in [0.15, 0.2) is 24.4 Å². The van der Waals surface area contributed by atoms with Crippen LogP contribution in [0.2, 0.25) is 0 Å². The van der Waals surface area contributed by atoms with Gasteiger partial charge in [0.25, 0.3) is 0 Å². The van der Waals surface area contributed by atoms with Gasteiger partial charge in [0.2, 0.25) is 0 Å². The Morgan fingerprint density at radius 2 is 2.12 bits per heavy atom. The van der Waals surface area contributed by atoms with Crippen LogP contribution in [0.1, 0.15) is 18.7 Å². The first-order valence-electron chi connectivity index (χ1n) is 5.93. The van der Waals surface area contributed by atoms with E-state index in [1.54, 1.807) is 0 Å². The first kappa shape index (κ1) is 9.78. The zero-order chi connectivity index (χ0) is 10.8. The van der Waals surface area contributed by atoms with E-state index in [2.05, 4.69) is 19.9 Å². The van der Waals surface area contributed by atoms with E-state index in [1.807, 2.05) is 24.4 Å². The molecule has 2 aromatic heterocycles. The van der Waals surface area contributed by atoms with Crippen LogP contribution < -0.4 is 5.32 Å². The normalized spacial score (nSPS) is 18.0. The van der Waals surface area contributed by atoms with E-state index >= 15 is 0 Å². The van der Waals surface area contributed by atoms with Gasteiger partial charge < -0.3 is 5.32 Å². The molecule has 4 nitrogen and oxygen atoms in total. The third-order valence-electron chi connectivity index (χ3n) is 3.31. The zero-order valence-electron chi connectivity index (χ0n) is 9.26. The first-order chi connectivity index (χ1) is 7.93. The summed E-state index contributed by atoms with van der Waals surface area (Å²) in [5.74, 6) is 1.86. The Hall–Kier alpha value is -1.42. The molecule has 0 radical (unpaired) electrons. The lowest BCUT2D eigenvalue weighted by atomic mass is 9.94. The predicted octanol–water partition coefficient (Wildman–Crippen LogP) is 1.27. The smallest absolute Gasteiger partial charge is 0.160 e. The first-order valence-corrected chi connectivity index (χ1v) is 5.93. The number of pyridine rings is 1. The van der Waals surface area contributed by atoms with Crippen molar-refractivity contribution >= 4 is 5.65 Å². The van der Waals surface area contributed by atoms with E-state index in [9.17, 15) is 0 Å². The standard InChI is InChI=1S/C12H16N4/c1-2-8-16-11(3-1)14-15-12(16)9-10-4-6-13-7-5-10/h1-3,8,10,13H,4-7,9H2. The van der Waals surface area contributed by atoms with Crippen molar-refractivity contribution in [1.82, 2.24) is 19.9 Å². The minimum atomic E-state index is 0.758. The molecule has 0 unspecified atom stereocenters. The molecule has 0 atom stereocenters. The van der Waals surface area contributed by atoms with Crippen LogP contribution in [0, 0.1) is 5.92 Å². The third kappa shape index (κ3) is 1.80.